The van der Waals surface area contributed by atoms with Gasteiger partial charge in [-0.2, -0.15) is 0 Å². The smallest absolute Gasteiger partial charge is 0.283 e. The lowest BCUT2D eigenvalue weighted by Crippen LogP contribution is -2.45. The van der Waals surface area contributed by atoms with E-state index in [4.69, 9.17) is 16.6 Å². The molecule has 176 valence electrons. The number of amides is 1. The molecule has 33 heavy (non-hydrogen) atoms. The second-order valence-corrected chi connectivity index (χ2v) is 9.02. The minimum Gasteiger partial charge on any atom is -0.342 e. The van der Waals surface area contributed by atoms with Crippen LogP contribution in [0.2, 0.25) is 5.02 Å². The molecule has 0 unspecified atom stereocenters. The number of anilines is 1. The lowest BCUT2D eigenvalue weighted by molar-refractivity contribution is -0.113. The first-order valence-corrected chi connectivity index (χ1v) is 12.7. The van der Waals surface area contributed by atoms with Gasteiger partial charge in [-0.1, -0.05) is 100 Å². The van der Waals surface area contributed by atoms with Gasteiger partial charge in [-0.3, -0.25) is 4.79 Å². The normalized spacial score (nSPS) is 14.8. The first-order valence-electron chi connectivity index (χ1n) is 12.3. The van der Waals surface area contributed by atoms with Crippen LogP contribution in [0.4, 0.5) is 5.69 Å². The highest BCUT2D eigenvalue weighted by atomic mass is 35.5. The van der Waals surface area contributed by atoms with E-state index in [2.05, 4.69) is 18.7 Å². The molecule has 0 atom stereocenters. The van der Waals surface area contributed by atoms with E-state index >= 15 is 0 Å². The molecule has 2 aromatic carbocycles. The zero-order valence-corrected chi connectivity index (χ0v) is 20.7. The molecule has 0 saturated carbocycles. The second kappa shape index (κ2) is 13.2. The zero-order valence-electron chi connectivity index (χ0n) is 20.0. The Hall–Kier alpha value is -2.59. The number of unbranched alkanes of at least 4 members (excludes halogenated alkanes) is 6. The zero-order chi connectivity index (χ0) is 23.5. The molecule has 0 aromatic heterocycles. The standard InChI is InChI=1S/C28H36ClN3O/c1-3-5-7-12-19-31(20-13-8-6-4-2)28-30-26(21-23-15-10-9-11-16-23)27(33)32(28)25-18-14-17-24(29)22-25/h9-11,14-18,21-22H,3-8,12-13,19-20H2,1-2H3/b26-21+. The Labute approximate surface area is 204 Å². The molecular formula is C28H36ClN3O. The molecule has 2 aromatic rings. The summed E-state index contributed by atoms with van der Waals surface area (Å²) in [5, 5.41) is 0.609. The maximum absolute atomic E-state index is 13.6. The van der Waals surface area contributed by atoms with E-state index in [1.54, 1.807) is 4.90 Å². The topological polar surface area (TPSA) is 35.9 Å². The summed E-state index contributed by atoms with van der Waals surface area (Å²) in [5.41, 5.74) is 2.19. The molecule has 0 N–H and O–H groups in total. The molecule has 1 aliphatic heterocycles. The van der Waals surface area contributed by atoms with Crippen molar-refractivity contribution in [1.82, 2.24) is 4.90 Å². The minimum absolute atomic E-state index is 0.108. The summed E-state index contributed by atoms with van der Waals surface area (Å²) in [7, 11) is 0. The summed E-state index contributed by atoms with van der Waals surface area (Å²) < 4.78 is 0. The number of carbonyl (C=O) groups is 1. The van der Waals surface area contributed by atoms with Crippen LogP contribution in [0.1, 0.15) is 70.8 Å². The maximum Gasteiger partial charge on any atom is 0.283 e. The van der Waals surface area contributed by atoms with E-state index in [9.17, 15) is 4.79 Å². The fourth-order valence-electron chi connectivity index (χ4n) is 4.04. The Bertz CT molecular complexity index is 943. The van der Waals surface area contributed by atoms with Crippen LogP contribution < -0.4 is 4.90 Å². The third kappa shape index (κ3) is 7.20. The van der Waals surface area contributed by atoms with E-state index in [1.165, 1.54) is 38.5 Å². The number of hydrogen-bond acceptors (Lipinski definition) is 3. The number of halogens is 1. The third-order valence-electron chi connectivity index (χ3n) is 5.86. The van der Waals surface area contributed by atoms with E-state index in [-0.39, 0.29) is 5.91 Å². The van der Waals surface area contributed by atoms with Gasteiger partial charge in [-0.15, -0.1) is 0 Å². The van der Waals surface area contributed by atoms with Gasteiger partial charge in [-0.05, 0) is 42.7 Å². The average molecular weight is 466 g/mol. The predicted molar refractivity (Wildman–Crippen MR) is 141 cm³/mol. The molecule has 5 heteroatoms. The van der Waals surface area contributed by atoms with Crippen LogP contribution in [0.15, 0.2) is 65.3 Å². The molecule has 0 bridgehead atoms. The molecule has 1 amide bonds. The summed E-state index contributed by atoms with van der Waals surface area (Å²) in [5.74, 6) is 0.612. The average Bonchev–Trinajstić information content (AvgIpc) is 3.14. The van der Waals surface area contributed by atoms with Gasteiger partial charge in [0.2, 0.25) is 5.96 Å². The summed E-state index contributed by atoms with van der Waals surface area (Å²) >= 11 is 6.30. The molecule has 0 spiro atoms. The van der Waals surface area contributed by atoms with Gasteiger partial charge in [0, 0.05) is 18.1 Å². The molecule has 1 heterocycles. The van der Waals surface area contributed by atoms with Crippen molar-refractivity contribution in [3.8, 4) is 0 Å². The Balaban J connectivity index is 1.94. The maximum atomic E-state index is 13.6. The third-order valence-corrected chi connectivity index (χ3v) is 6.09. The molecule has 0 saturated heterocycles. The van der Waals surface area contributed by atoms with Gasteiger partial charge in [0.25, 0.3) is 5.91 Å². The van der Waals surface area contributed by atoms with Gasteiger partial charge < -0.3 is 4.90 Å². The first-order chi connectivity index (χ1) is 16.1. The van der Waals surface area contributed by atoms with Crippen LogP contribution in [-0.4, -0.2) is 29.9 Å². The monoisotopic (exact) mass is 465 g/mol. The number of hydrogen-bond donors (Lipinski definition) is 0. The van der Waals surface area contributed by atoms with E-state index < -0.39 is 0 Å². The highest BCUT2D eigenvalue weighted by Gasteiger charge is 2.34. The first kappa shape index (κ1) is 25.0. The van der Waals surface area contributed by atoms with Gasteiger partial charge in [0.15, 0.2) is 0 Å². The fourth-order valence-corrected chi connectivity index (χ4v) is 4.23. The second-order valence-electron chi connectivity index (χ2n) is 8.58. The molecule has 4 nitrogen and oxygen atoms in total. The van der Waals surface area contributed by atoms with Crippen molar-refractivity contribution in [1.29, 1.82) is 0 Å². The Kier molecular flexibility index (Phi) is 10.0. The predicted octanol–water partition coefficient (Wildman–Crippen LogP) is 7.55. The Morgan fingerprint density at radius 3 is 2.15 bits per heavy atom. The van der Waals surface area contributed by atoms with E-state index in [0.717, 1.165) is 43.1 Å². The molecule has 0 aliphatic carbocycles. The van der Waals surface area contributed by atoms with Crippen molar-refractivity contribution in [2.75, 3.05) is 18.0 Å². The van der Waals surface area contributed by atoms with Crippen molar-refractivity contribution < 1.29 is 4.79 Å². The van der Waals surface area contributed by atoms with Crippen molar-refractivity contribution in [2.45, 2.75) is 65.2 Å². The number of aliphatic imine (C=N–C) groups is 1. The summed E-state index contributed by atoms with van der Waals surface area (Å²) in [6.45, 7) is 6.25. The molecule has 3 rings (SSSR count). The molecule has 1 aliphatic rings. The van der Waals surface area contributed by atoms with Crippen molar-refractivity contribution >= 4 is 35.2 Å². The largest absolute Gasteiger partial charge is 0.342 e. The molecule has 0 radical (unpaired) electrons. The number of guanidine groups is 1. The fraction of sp³-hybridized carbons (Fsp3) is 0.429. The highest BCUT2D eigenvalue weighted by molar-refractivity contribution is 6.32. The Morgan fingerprint density at radius 1 is 0.879 bits per heavy atom. The van der Waals surface area contributed by atoms with Crippen LogP contribution in [-0.2, 0) is 4.79 Å². The van der Waals surface area contributed by atoms with Crippen LogP contribution in [0.5, 0.6) is 0 Å². The van der Waals surface area contributed by atoms with Gasteiger partial charge in [-0.25, -0.2) is 9.89 Å². The van der Waals surface area contributed by atoms with Gasteiger partial charge in [0.1, 0.15) is 5.70 Å². The van der Waals surface area contributed by atoms with Crippen LogP contribution in [0.25, 0.3) is 6.08 Å². The number of carbonyl (C=O) groups excluding carboxylic acids is 1. The minimum atomic E-state index is -0.108. The molecule has 0 fully saturated rings. The van der Waals surface area contributed by atoms with Gasteiger partial charge >= 0.3 is 0 Å². The number of rotatable bonds is 12. The number of benzene rings is 2. The summed E-state index contributed by atoms with van der Waals surface area (Å²) in [4.78, 5) is 22.5. The molecular weight excluding hydrogens is 430 g/mol. The highest BCUT2D eigenvalue weighted by Crippen LogP contribution is 2.29. The quantitative estimate of drug-likeness (QED) is 0.239. The van der Waals surface area contributed by atoms with Crippen LogP contribution in [0.3, 0.4) is 0 Å². The van der Waals surface area contributed by atoms with E-state index in [0.29, 0.717) is 10.7 Å². The van der Waals surface area contributed by atoms with Crippen molar-refractivity contribution in [2.24, 2.45) is 4.99 Å². The van der Waals surface area contributed by atoms with Crippen LogP contribution in [0, 0.1) is 0 Å². The summed E-state index contributed by atoms with van der Waals surface area (Å²) in [6.07, 6.45) is 11.3. The Morgan fingerprint density at radius 2 is 1.55 bits per heavy atom. The SMILES string of the molecule is CCCCCCN(CCCCCC)C1=N/C(=C/c2ccccc2)C(=O)N1c1cccc(Cl)c1. The van der Waals surface area contributed by atoms with Crippen molar-refractivity contribution in [3.63, 3.8) is 0 Å². The lowest BCUT2D eigenvalue weighted by atomic mass is 10.1. The van der Waals surface area contributed by atoms with E-state index in [1.807, 2.05) is 60.7 Å². The number of nitrogens with zero attached hydrogens (tertiary/aromatic N) is 3. The van der Waals surface area contributed by atoms with Crippen molar-refractivity contribution in [3.05, 3.63) is 70.9 Å². The van der Waals surface area contributed by atoms with Gasteiger partial charge in [0.05, 0.1) is 5.69 Å². The summed E-state index contributed by atoms with van der Waals surface area (Å²) in [6, 6.07) is 17.4. The lowest BCUT2D eigenvalue weighted by Gasteiger charge is -2.30. The van der Waals surface area contributed by atoms with Crippen LogP contribution >= 0.6 is 11.6 Å².